The standard InChI is InChI=1S/C22H32N2O7S/c1-14(2)28-18(25)12-24(13-19(26)29-15(3)4)32-23(7)21(27)30-17-10-8-9-16-11-22(5,6)31-20(16)17/h8-10,14-15H,11-13H2,1-7H3. The van der Waals surface area contributed by atoms with Crippen LogP contribution >= 0.6 is 12.1 Å². The van der Waals surface area contributed by atoms with Gasteiger partial charge in [-0.3, -0.25) is 9.59 Å². The number of hydrogen-bond acceptors (Lipinski definition) is 9. The van der Waals surface area contributed by atoms with Gasteiger partial charge in [-0.1, -0.05) is 12.1 Å². The summed E-state index contributed by atoms with van der Waals surface area (Å²) in [7, 11) is 1.48. The van der Waals surface area contributed by atoms with Gasteiger partial charge in [0.2, 0.25) is 0 Å². The smallest absolute Gasteiger partial charge is 0.426 e. The number of benzene rings is 1. The molecule has 0 atom stereocenters. The fraction of sp³-hybridized carbons (Fsp3) is 0.591. The molecule has 10 heteroatoms. The lowest BCUT2D eigenvalue weighted by molar-refractivity contribution is -0.150. The van der Waals surface area contributed by atoms with Crippen molar-refractivity contribution in [3.8, 4) is 11.5 Å². The number of nitrogens with zero attached hydrogens (tertiary/aromatic N) is 2. The van der Waals surface area contributed by atoms with Crippen LogP contribution in [-0.4, -0.2) is 64.6 Å². The molecule has 0 bridgehead atoms. The highest BCUT2D eigenvalue weighted by molar-refractivity contribution is 7.95. The first-order chi connectivity index (χ1) is 14.9. The van der Waals surface area contributed by atoms with Crippen molar-refractivity contribution in [2.45, 2.75) is 65.8 Å². The van der Waals surface area contributed by atoms with Crippen LogP contribution < -0.4 is 9.47 Å². The number of carbonyl (C=O) groups is 3. The lowest BCUT2D eigenvalue weighted by Gasteiger charge is -2.25. The van der Waals surface area contributed by atoms with Gasteiger partial charge in [0.05, 0.1) is 12.2 Å². The molecule has 9 nitrogen and oxygen atoms in total. The second-order valence-electron chi connectivity index (χ2n) is 8.61. The third kappa shape index (κ3) is 7.90. The van der Waals surface area contributed by atoms with Gasteiger partial charge in [-0.25, -0.2) is 13.4 Å². The van der Waals surface area contributed by atoms with Gasteiger partial charge in [-0.05, 0) is 47.6 Å². The number of para-hydroxylation sites is 1. The van der Waals surface area contributed by atoms with E-state index in [0.717, 1.165) is 17.7 Å². The predicted octanol–water partition coefficient (Wildman–Crippen LogP) is 3.60. The van der Waals surface area contributed by atoms with Crippen LogP contribution in [0.3, 0.4) is 0 Å². The second-order valence-corrected chi connectivity index (χ2v) is 9.83. The summed E-state index contributed by atoms with van der Waals surface area (Å²) in [4.78, 5) is 36.9. The van der Waals surface area contributed by atoms with Crippen LogP contribution in [0.15, 0.2) is 18.2 Å². The molecular formula is C22H32N2O7S. The van der Waals surface area contributed by atoms with Crippen molar-refractivity contribution in [3.05, 3.63) is 23.8 Å². The Bertz CT molecular complexity index is 818. The van der Waals surface area contributed by atoms with Gasteiger partial charge in [-0.2, -0.15) is 0 Å². The lowest BCUT2D eigenvalue weighted by Crippen LogP contribution is -2.37. The van der Waals surface area contributed by atoms with Gasteiger partial charge in [0.25, 0.3) is 0 Å². The van der Waals surface area contributed by atoms with E-state index in [2.05, 4.69) is 0 Å². The van der Waals surface area contributed by atoms with Crippen molar-refractivity contribution in [3.63, 3.8) is 0 Å². The molecule has 178 valence electrons. The average molecular weight is 469 g/mol. The van der Waals surface area contributed by atoms with Crippen molar-refractivity contribution < 1.29 is 33.3 Å². The van der Waals surface area contributed by atoms with Crippen LogP contribution in [0.4, 0.5) is 4.79 Å². The number of amides is 1. The Hall–Kier alpha value is -2.46. The van der Waals surface area contributed by atoms with Crippen molar-refractivity contribution in [1.82, 2.24) is 8.61 Å². The number of rotatable bonds is 9. The SMILES string of the molecule is CC(C)OC(=O)CN(CC(=O)OC(C)C)SN(C)C(=O)Oc1cccc2c1OC(C)(C)C2. The van der Waals surface area contributed by atoms with Gasteiger partial charge >= 0.3 is 18.0 Å². The largest absolute Gasteiger partial charge is 0.483 e. The number of hydrogen-bond donors (Lipinski definition) is 0. The predicted molar refractivity (Wildman–Crippen MR) is 120 cm³/mol. The topological polar surface area (TPSA) is 94.6 Å². The summed E-state index contributed by atoms with van der Waals surface area (Å²) in [5.74, 6) is -0.191. The zero-order chi connectivity index (χ0) is 24.1. The molecule has 0 fully saturated rings. The molecule has 1 amide bonds. The molecule has 1 heterocycles. The number of ether oxygens (including phenoxy) is 4. The van der Waals surface area contributed by atoms with E-state index < -0.39 is 18.0 Å². The highest BCUT2D eigenvalue weighted by Gasteiger charge is 2.33. The summed E-state index contributed by atoms with van der Waals surface area (Å²) in [5, 5.41) is 0. The van der Waals surface area contributed by atoms with Crippen LogP contribution in [0.5, 0.6) is 11.5 Å². The van der Waals surface area contributed by atoms with Gasteiger partial charge in [-0.15, -0.1) is 0 Å². The van der Waals surface area contributed by atoms with Gasteiger partial charge in [0.15, 0.2) is 11.5 Å². The van der Waals surface area contributed by atoms with Crippen LogP contribution in [0.25, 0.3) is 0 Å². The molecule has 0 spiro atoms. The number of fused-ring (bicyclic) bond motifs is 1. The summed E-state index contributed by atoms with van der Waals surface area (Å²) >= 11 is 0.866. The summed E-state index contributed by atoms with van der Waals surface area (Å²) < 4.78 is 24.3. The van der Waals surface area contributed by atoms with Crippen molar-refractivity contribution in [1.29, 1.82) is 0 Å². The monoisotopic (exact) mass is 468 g/mol. The Morgan fingerprint density at radius 1 is 1.06 bits per heavy atom. The van der Waals surface area contributed by atoms with Gasteiger partial charge in [0, 0.05) is 31.2 Å². The molecule has 2 rings (SSSR count). The van der Waals surface area contributed by atoms with E-state index >= 15 is 0 Å². The zero-order valence-corrected chi connectivity index (χ0v) is 20.5. The van der Waals surface area contributed by atoms with Crippen LogP contribution in [-0.2, 0) is 25.5 Å². The van der Waals surface area contributed by atoms with E-state index in [1.54, 1.807) is 39.8 Å². The molecule has 1 aromatic rings. The minimum Gasteiger partial charge on any atom is -0.483 e. The minimum absolute atomic E-state index is 0.217. The molecule has 0 aromatic heterocycles. The highest BCUT2D eigenvalue weighted by Crippen LogP contribution is 2.42. The first-order valence-corrected chi connectivity index (χ1v) is 11.2. The van der Waals surface area contributed by atoms with E-state index in [1.165, 1.54) is 15.7 Å². The molecule has 0 saturated heterocycles. The Balaban J connectivity index is 2.05. The van der Waals surface area contributed by atoms with E-state index in [-0.39, 0.29) is 30.9 Å². The zero-order valence-electron chi connectivity index (χ0n) is 19.7. The summed E-state index contributed by atoms with van der Waals surface area (Å²) in [5.41, 5.74) is 0.584. The first kappa shape index (κ1) is 25.8. The normalized spacial score (nSPS) is 14.2. The molecule has 0 saturated carbocycles. The molecule has 0 unspecified atom stereocenters. The fourth-order valence-corrected chi connectivity index (χ4v) is 3.81. The number of esters is 2. The third-order valence-corrected chi connectivity index (χ3v) is 4.98. The molecule has 0 radical (unpaired) electrons. The van der Waals surface area contributed by atoms with Crippen LogP contribution in [0.1, 0.15) is 47.1 Å². The molecule has 1 aliphatic rings. The third-order valence-electron chi connectivity index (χ3n) is 4.09. The van der Waals surface area contributed by atoms with Crippen LogP contribution in [0.2, 0.25) is 0 Å². The van der Waals surface area contributed by atoms with Gasteiger partial charge < -0.3 is 18.9 Å². The molecule has 1 aliphatic heterocycles. The van der Waals surface area contributed by atoms with Crippen molar-refractivity contribution in [2.24, 2.45) is 0 Å². The summed E-state index contributed by atoms with van der Waals surface area (Å²) in [6.07, 6.45) is -0.577. The molecule has 1 aromatic carbocycles. The minimum atomic E-state index is -0.684. The van der Waals surface area contributed by atoms with Crippen LogP contribution in [0, 0.1) is 0 Å². The van der Waals surface area contributed by atoms with Crippen molar-refractivity contribution in [2.75, 3.05) is 20.1 Å². The first-order valence-electron chi connectivity index (χ1n) is 10.4. The molecule has 0 aliphatic carbocycles. The Kier molecular flexibility index (Phi) is 8.80. The maximum absolute atomic E-state index is 12.7. The highest BCUT2D eigenvalue weighted by atomic mass is 32.2. The molecule has 32 heavy (non-hydrogen) atoms. The van der Waals surface area contributed by atoms with E-state index in [0.29, 0.717) is 17.9 Å². The second kappa shape index (κ2) is 10.9. The van der Waals surface area contributed by atoms with E-state index in [4.69, 9.17) is 18.9 Å². The maximum atomic E-state index is 12.7. The van der Waals surface area contributed by atoms with E-state index in [9.17, 15) is 14.4 Å². The summed E-state index contributed by atoms with van der Waals surface area (Å²) in [6.45, 7) is 10.4. The average Bonchev–Trinajstić information content (AvgIpc) is 2.94. The maximum Gasteiger partial charge on any atom is 0.426 e. The molecular weight excluding hydrogens is 436 g/mol. The summed E-state index contributed by atoms with van der Waals surface area (Å²) in [6, 6.07) is 5.40. The number of carbonyl (C=O) groups excluding carboxylic acids is 3. The lowest BCUT2D eigenvalue weighted by atomic mass is 10.0. The fourth-order valence-electron chi connectivity index (χ4n) is 3.03. The van der Waals surface area contributed by atoms with Gasteiger partial charge in [0.1, 0.15) is 18.7 Å². The van der Waals surface area contributed by atoms with E-state index in [1.807, 2.05) is 19.9 Å². The Labute approximate surface area is 193 Å². The van der Waals surface area contributed by atoms with Crippen molar-refractivity contribution >= 4 is 30.2 Å². The Morgan fingerprint density at radius 3 is 2.16 bits per heavy atom. The quantitative estimate of drug-likeness (QED) is 0.398. The Morgan fingerprint density at radius 2 is 1.62 bits per heavy atom. The molecule has 0 N–H and O–H groups in total.